The number of aromatic nitrogens is 1. The number of nitro benzene ring substituents is 1. The second-order valence-electron chi connectivity index (χ2n) is 2.88. The van der Waals surface area contributed by atoms with Crippen molar-refractivity contribution in [2.24, 2.45) is 0 Å². The Morgan fingerprint density at radius 2 is 2.20 bits per heavy atom. The standard InChI is InChI=1S/C9H4BrClN2O2/c10-7-2-1-5-4-12-8(11)3-6(5)9(7)13(14)15/h1-4H. The molecule has 0 radical (unpaired) electrons. The van der Waals surface area contributed by atoms with Crippen LogP contribution in [0.15, 0.2) is 28.9 Å². The minimum absolute atomic E-state index is 0.0109. The summed E-state index contributed by atoms with van der Waals surface area (Å²) in [4.78, 5) is 14.3. The fourth-order valence-electron chi connectivity index (χ4n) is 1.33. The summed E-state index contributed by atoms with van der Waals surface area (Å²) in [6, 6.07) is 4.85. The molecule has 0 aliphatic rings. The Labute approximate surface area is 98.2 Å². The monoisotopic (exact) mass is 286 g/mol. The first-order valence-electron chi connectivity index (χ1n) is 3.98. The van der Waals surface area contributed by atoms with Crippen molar-refractivity contribution < 1.29 is 4.92 Å². The van der Waals surface area contributed by atoms with Gasteiger partial charge in [0.25, 0.3) is 5.69 Å². The minimum Gasteiger partial charge on any atom is -0.258 e. The minimum atomic E-state index is -0.442. The van der Waals surface area contributed by atoms with Crippen LogP contribution in [0.25, 0.3) is 10.8 Å². The maximum absolute atomic E-state index is 10.9. The van der Waals surface area contributed by atoms with Crippen LogP contribution in [-0.4, -0.2) is 9.91 Å². The van der Waals surface area contributed by atoms with E-state index in [0.717, 1.165) is 0 Å². The van der Waals surface area contributed by atoms with Crippen LogP contribution in [0.3, 0.4) is 0 Å². The summed E-state index contributed by atoms with van der Waals surface area (Å²) in [5, 5.41) is 12.3. The number of fused-ring (bicyclic) bond motifs is 1. The van der Waals surface area contributed by atoms with E-state index >= 15 is 0 Å². The molecule has 0 amide bonds. The number of halogens is 2. The third kappa shape index (κ3) is 1.80. The number of hydrogen-bond acceptors (Lipinski definition) is 3. The molecule has 1 aromatic carbocycles. The summed E-state index contributed by atoms with van der Waals surface area (Å²) in [6.45, 7) is 0. The Balaban J connectivity index is 2.90. The molecule has 0 unspecified atom stereocenters. The van der Waals surface area contributed by atoms with Gasteiger partial charge in [0.05, 0.1) is 14.8 Å². The maximum Gasteiger partial charge on any atom is 0.291 e. The van der Waals surface area contributed by atoms with Crippen LogP contribution in [-0.2, 0) is 0 Å². The molecule has 0 aliphatic heterocycles. The fraction of sp³-hybridized carbons (Fsp3) is 0. The van der Waals surface area contributed by atoms with Gasteiger partial charge in [-0.25, -0.2) is 4.98 Å². The lowest BCUT2D eigenvalue weighted by molar-refractivity contribution is -0.383. The molecule has 0 bridgehead atoms. The second-order valence-corrected chi connectivity index (χ2v) is 4.12. The van der Waals surface area contributed by atoms with Gasteiger partial charge in [0.15, 0.2) is 0 Å². The highest BCUT2D eigenvalue weighted by molar-refractivity contribution is 9.10. The van der Waals surface area contributed by atoms with Crippen LogP contribution in [0, 0.1) is 10.1 Å². The zero-order valence-corrected chi connectivity index (χ0v) is 9.62. The van der Waals surface area contributed by atoms with Crippen molar-refractivity contribution in [1.82, 2.24) is 4.98 Å². The number of pyridine rings is 1. The molecule has 2 aromatic rings. The molecule has 2 rings (SSSR count). The molecule has 15 heavy (non-hydrogen) atoms. The molecule has 0 saturated heterocycles. The van der Waals surface area contributed by atoms with Crippen molar-refractivity contribution in [2.45, 2.75) is 0 Å². The zero-order chi connectivity index (χ0) is 11.0. The normalized spacial score (nSPS) is 10.5. The number of nitro groups is 1. The lowest BCUT2D eigenvalue weighted by Crippen LogP contribution is -1.91. The summed E-state index contributed by atoms with van der Waals surface area (Å²) in [5.41, 5.74) is 0.0109. The molecular weight excluding hydrogens is 283 g/mol. The van der Waals surface area contributed by atoms with E-state index in [1.165, 1.54) is 12.3 Å². The number of nitrogens with zero attached hydrogens (tertiary/aromatic N) is 2. The summed E-state index contributed by atoms with van der Waals surface area (Å²) < 4.78 is 0.433. The lowest BCUT2D eigenvalue weighted by atomic mass is 10.1. The second kappa shape index (κ2) is 3.75. The molecule has 0 spiro atoms. The molecule has 1 heterocycles. The first kappa shape index (κ1) is 10.3. The molecule has 6 heteroatoms. The summed E-state index contributed by atoms with van der Waals surface area (Å²) in [5.74, 6) is 0. The van der Waals surface area contributed by atoms with Gasteiger partial charge >= 0.3 is 0 Å². The van der Waals surface area contributed by atoms with Crippen LogP contribution in [0.2, 0.25) is 5.15 Å². The Morgan fingerprint density at radius 1 is 1.47 bits per heavy atom. The van der Waals surface area contributed by atoms with Gasteiger partial charge in [-0.3, -0.25) is 10.1 Å². The molecule has 0 saturated carbocycles. The van der Waals surface area contributed by atoms with Crippen molar-refractivity contribution in [3.63, 3.8) is 0 Å². The molecule has 0 fully saturated rings. The Kier molecular flexibility index (Phi) is 2.58. The van der Waals surface area contributed by atoms with Crippen molar-refractivity contribution in [2.75, 3.05) is 0 Å². The topological polar surface area (TPSA) is 56.0 Å². The Bertz CT molecular complexity index is 554. The van der Waals surface area contributed by atoms with Crippen molar-refractivity contribution >= 4 is 44.0 Å². The third-order valence-electron chi connectivity index (χ3n) is 1.97. The lowest BCUT2D eigenvalue weighted by Gasteiger charge is -2.01. The van der Waals surface area contributed by atoms with Crippen LogP contribution < -0.4 is 0 Å². The average molecular weight is 288 g/mol. The predicted octanol–water partition coefficient (Wildman–Crippen LogP) is 3.56. The van der Waals surface area contributed by atoms with Crippen LogP contribution in [0.5, 0.6) is 0 Å². The average Bonchev–Trinajstić information content (AvgIpc) is 2.16. The van der Waals surface area contributed by atoms with Crippen LogP contribution in [0.1, 0.15) is 0 Å². The molecule has 1 aromatic heterocycles. The van der Waals surface area contributed by atoms with E-state index in [0.29, 0.717) is 15.2 Å². The first-order chi connectivity index (χ1) is 7.09. The van der Waals surface area contributed by atoms with E-state index in [-0.39, 0.29) is 10.8 Å². The van der Waals surface area contributed by atoms with Crippen LogP contribution in [0.4, 0.5) is 5.69 Å². The number of hydrogen-bond donors (Lipinski definition) is 0. The van der Waals surface area contributed by atoms with Gasteiger partial charge < -0.3 is 0 Å². The first-order valence-corrected chi connectivity index (χ1v) is 5.15. The van der Waals surface area contributed by atoms with E-state index in [9.17, 15) is 10.1 Å². The molecule has 76 valence electrons. The highest BCUT2D eigenvalue weighted by atomic mass is 79.9. The van der Waals surface area contributed by atoms with Gasteiger partial charge in [-0.15, -0.1) is 0 Å². The predicted molar refractivity (Wildman–Crippen MR) is 61.1 cm³/mol. The molecular formula is C9H4BrClN2O2. The van der Waals surface area contributed by atoms with E-state index < -0.39 is 4.92 Å². The van der Waals surface area contributed by atoms with Gasteiger partial charge in [-0.05, 0) is 28.1 Å². The van der Waals surface area contributed by atoms with E-state index in [2.05, 4.69) is 20.9 Å². The maximum atomic E-state index is 10.9. The van der Waals surface area contributed by atoms with Gasteiger partial charge in [-0.1, -0.05) is 17.7 Å². The number of rotatable bonds is 1. The molecule has 0 aliphatic carbocycles. The SMILES string of the molecule is O=[N+]([O-])c1c(Br)ccc2cnc(Cl)cc12. The highest BCUT2D eigenvalue weighted by Crippen LogP contribution is 2.33. The molecule has 0 atom stereocenters. The molecule has 0 N–H and O–H groups in total. The highest BCUT2D eigenvalue weighted by Gasteiger charge is 2.16. The zero-order valence-electron chi connectivity index (χ0n) is 7.28. The van der Waals surface area contributed by atoms with Gasteiger partial charge in [-0.2, -0.15) is 0 Å². The number of benzene rings is 1. The smallest absolute Gasteiger partial charge is 0.258 e. The summed E-state index contributed by atoms with van der Waals surface area (Å²) in [6.07, 6.45) is 1.51. The third-order valence-corrected chi connectivity index (χ3v) is 2.82. The van der Waals surface area contributed by atoms with E-state index in [4.69, 9.17) is 11.6 Å². The van der Waals surface area contributed by atoms with Crippen molar-refractivity contribution in [3.8, 4) is 0 Å². The van der Waals surface area contributed by atoms with Crippen LogP contribution >= 0.6 is 27.5 Å². The summed E-state index contributed by atoms with van der Waals surface area (Å²) >= 11 is 8.84. The fourth-order valence-corrected chi connectivity index (χ4v) is 1.98. The van der Waals surface area contributed by atoms with E-state index in [1.54, 1.807) is 12.1 Å². The van der Waals surface area contributed by atoms with Crippen molar-refractivity contribution in [1.29, 1.82) is 0 Å². The molecule has 4 nitrogen and oxygen atoms in total. The van der Waals surface area contributed by atoms with Gasteiger partial charge in [0, 0.05) is 11.6 Å². The van der Waals surface area contributed by atoms with Crippen molar-refractivity contribution in [3.05, 3.63) is 44.1 Å². The largest absolute Gasteiger partial charge is 0.291 e. The Morgan fingerprint density at radius 3 is 2.87 bits per heavy atom. The Hall–Kier alpha value is -1.20. The summed E-state index contributed by atoms with van der Waals surface area (Å²) in [7, 11) is 0. The quantitative estimate of drug-likeness (QED) is 0.458. The van der Waals surface area contributed by atoms with Gasteiger partial charge in [0.1, 0.15) is 5.15 Å². The van der Waals surface area contributed by atoms with Gasteiger partial charge in [0.2, 0.25) is 0 Å². The van der Waals surface area contributed by atoms with E-state index in [1.807, 2.05) is 0 Å².